The molecule has 0 fully saturated rings. The third-order valence-corrected chi connectivity index (χ3v) is 2.54. The van der Waals surface area contributed by atoms with Gasteiger partial charge in [0.15, 0.2) is 6.61 Å². The van der Waals surface area contributed by atoms with Crippen molar-refractivity contribution in [3.63, 3.8) is 0 Å². The molecule has 0 aliphatic heterocycles. The number of carbonyl (C=O) groups is 2. The number of rotatable bonds is 5. The van der Waals surface area contributed by atoms with E-state index in [-0.39, 0.29) is 10.7 Å². The lowest BCUT2D eigenvalue weighted by atomic mass is 10.2. The molecule has 0 bridgehead atoms. The van der Waals surface area contributed by atoms with Crippen molar-refractivity contribution in [1.82, 2.24) is 9.78 Å². The van der Waals surface area contributed by atoms with Crippen molar-refractivity contribution in [2.45, 2.75) is 27.3 Å². The van der Waals surface area contributed by atoms with E-state index in [1.165, 1.54) is 0 Å². The number of carbonyl (C=O) groups excluding carboxylic acids is 2. The number of esters is 1. The van der Waals surface area contributed by atoms with Gasteiger partial charge in [-0.25, -0.2) is 4.79 Å². The number of ether oxygens (including phenoxy) is 1. The predicted octanol–water partition coefficient (Wildman–Crippen LogP) is 1.14. The van der Waals surface area contributed by atoms with Gasteiger partial charge in [-0.15, -0.1) is 0 Å². The largest absolute Gasteiger partial charge is 0.452 e. The lowest BCUT2D eigenvalue weighted by Crippen LogP contribution is -2.21. The lowest BCUT2D eigenvalue weighted by molar-refractivity contribution is -0.121. The first-order valence-corrected chi connectivity index (χ1v) is 5.89. The zero-order valence-corrected chi connectivity index (χ0v) is 11.3. The fraction of sp³-hybridized carbons (Fsp3) is 0.545. The number of hydrogen-bond donors (Lipinski definition) is 1. The molecule has 7 heteroatoms. The van der Waals surface area contributed by atoms with Gasteiger partial charge in [-0.1, -0.05) is 25.4 Å². The highest BCUT2D eigenvalue weighted by Gasteiger charge is 2.22. The molecule has 0 aromatic carbocycles. The number of nitrogens with two attached hydrogens (primary N) is 1. The normalized spacial score (nSPS) is 10.7. The predicted molar refractivity (Wildman–Crippen MR) is 66.3 cm³/mol. The molecular weight excluding hydrogens is 258 g/mol. The van der Waals surface area contributed by atoms with Gasteiger partial charge in [0.05, 0.1) is 5.69 Å². The number of aryl methyl sites for hydroxylation is 1. The van der Waals surface area contributed by atoms with E-state index >= 15 is 0 Å². The quantitative estimate of drug-likeness (QED) is 0.815. The van der Waals surface area contributed by atoms with Crippen LogP contribution in [0, 0.1) is 12.8 Å². The summed E-state index contributed by atoms with van der Waals surface area (Å²) in [5, 5.41) is 4.38. The molecule has 6 nitrogen and oxygen atoms in total. The Morgan fingerprint density at radius 1 is 1.50 bits per heavy atom. The molecule has 1 amide bonds. The molecule has 0 saturated heterocycles. The fourth-order valence-electron chi connectivity index (χ4n) is 1.46. The Morgan fingerprint density at radius 3 is 2.61 bits per heavy atom. The highest BCUT2D eigenvalue weighted by molar-refractivity contribution is 6.32. The van der Waals surface area contributed by atoms with E-state index in [0.29, 0.717) is 18.2 Å². The van der Waals surface area contributed by atoms with E-state index in [9.17, 15) is 9.59 Å². The smallest absolute Gasteiger partial charge is 0.343 e. The fourth-order valence-corrected chi connectivity index (χ4v) is 1.78. The van der Waals surface area contributed by atoms with Gasteiger partial charge in [0, 0.05) is 6.54 Å². The van der Waals surface area contributed by atoms with Crippen LogP contribution in [0.25, 0.3) is 0 Å². The summed E-state index contributed by atoms with van der Waals surface area (Å²) in [5.74, 6) is -1.06. The zero-order chi connectivity index (χ0) is 13.9. The zero-order valence-electron chi connectivity index (χ0n) is 10.6. The minimum absolute atomic E-state index is 0.179. The van der Waals surface area contributed by atoms with Gasteiger partial charge in [0.25, 0.3) is 5.91 Å². The summed E-state index contributed by atoms with van der Waals surface area (Å²) in [4.78, 5) is 22.3. The average Bonchev–Trinajstić information content (AvgIpc) is 2.50. The number of halogens is 1. The van der Waals surface area contributed by atoms with Crippen LogP contribution in [0.5, 0.6) is 0 Å². The minimum atomic E-state index is -0.716. The standard InChI is InChI=1S/C11H16ClN3O3/c1-6(2)4-15-10(12)9(7(3)14-15)11(17)18-5-8(13)16/h6H,4-5H2,1-3H3,(H2,13,16). The van der Waals surface area contributed by atoms with Crippen LogP contribution in [0.15, 0.2) is 0 Å². The number of hydrogen-bond acceptors (Lipinski definition) is 4. The van der Waals surface area contributed by atoms with Crippen molar-refractivity contribution in [3.8, 4) is 0 Å². The van der Waals surface area contributed by atoms with Crippen molar-refractivity contribution in [2.75, 3.05) is 6.61 Å². The maximum atomic E-state index is 11.7. The number of primary amides is 1. The molecule has 0 unspecified atom stereocenters. The van der Waals surface area contributed by atoms with Crippen LogP contribution in [0.4, 0.5) is 0 Å². The molecule has 0 atom stereocenters. The summed E-state index contributed by atoms with van der Waals surface area (Å²) in [7, 11) is 0. The lowest BCUT2D eigenvalue weighted by Gasteiger charge is -2.06. The van der Waals surface area contributed by atoms with Crippen LogP contribution in [-0.4, -0.2) is 28.3 Å². The van der Waals surface area contributed by atoms with Gasteiger partial charge in [0.2, 0.25) is 0 Å². The van der Waals surface area contributed by atoms with Crippen LogP contribution in [0.1, 0.15) is 29.9 Å². The van der Waals surface area contributed by atoms with Crippen molar-refractivity contribution >= 4 is 23.5 Å². The Balaban J connectivity index is 2.91. The minimum Gasteiger partial charge on any atom is -0.452 e. The van der Waals surface area contributed by atoms with E-state index in [0.717, 1.165) is 0 Å². The Hall–Kier alpha value is -1.56. The topological polar surface area (TPSA) is 87.2 Å². The molecular formula is C11H16ClN3O3. The number of nitrogens with zero attached hydrogens (tertiary/aromatic N) is 2. The molecule has 1 aromatic heterocycles. The van der Waals surface area contributed by atoms with Crippen molar-refractivity contribution in [3.05, 3.63) is 16.4 Å². The van der Waals surface area contributed by atoms with E-state index in [2.05, 4.69) is 5.10 Å². The Kier molecular flexibility index (Phi) is 4.72. The Labute approximate surface area is 110 Å². The average molecular weight is 274 g/mol. The molecule has 0 saturated carbocycles. The second-order valence-corrected chi connectivity index (χ2v) is 4.73. The molecule has 1 aromatic rings. The highest BCUT2D eigenvalue weighted by atomic mass is 35.5. The molecule has 0 spiro atoms. The SMILES string of the molecule is Cc1nn(CC(C)C)c(Cl)c1C(=O)OCC(N)=O. The third kappa shape index (κ3) is 3.46. The second-order valence-electron chi connectivity index (χ2n) is 4.37. The summed E-state index contributed by atoms with van der Waals surface area (Å²) in [5.41, 5.74) is 5.54. The van der Waals surface area contributed by atoms with E-state index < -0.39 is 18.5 Å². The molecule has 0 aliphatic carbocycles. The Bertz CT molecular complexity index is 468. The van der Waals surface area contributed by atoms with Crippen molar-refractivity contribution in [1.29, 1.82) is 0 Å². The molecule has 0 aliphatic rings. The summed E-state index contributed by atoms with van der Waals surface area (Å²) in [6, 6.07) is 0. The molecule has 2 N–H and O–H groups in total. The van der Waals surface area contributed by atoms with Gasteiger partial charge in [-0.3, -0.25) is 9.48 Å². The van der Waals surface area contributed by atoms with Crippen molar-refractivity contribution < 1.29 is 14.3 Å². The van der Waals surface area contributed by atoms with E-state index in [1.54, 1.807) is 11.6 Å². The molecule has 18 heavy (non-hydrogen) atoms. The summed E-state index contributed by atoms with van der Waals surface area (Å²) < 4.78 is 6.26. The van der Waals surface area contributed by atoms with Crippen LogP contribution >= 0.6 is 11.6 Å². The van der Waals surface area contributed by atoms with Crippen LogP contribution in [0.2, 0.25) is 5.15 Å². The van der Waals surface area contributed by atoms with E-state index in [4.69, 9.17) is 22.1 Å². The molecule has 0 radical (unpaired) electrons. The molecule has 100 valence electrons. The number of aromatic nitrogens is 2. The van der Waals surface area contributed by atoms with Gasteiger partial charge < -0.3 is 10.5 Å². The van der Waals surface area contributed by atoms with Crippen LogP contribution in [0.3, 0.4) is 0 Å². The summed E-state index contributed by atoms with van der Waals surface area (Å²) in [6.07, 6.45) is 0. The summed E-state index contributed by atoms with van der Waals surface area (Å²) >= 11 is 6.07. The van der Waals surface area contributed by atoms with Gasteiger partial charge in [-0.2, -0.15) is 5.10 Å². The van der Waals surface area contributed by atoms with Crippen molar-refractivity contribution in [2.24, 2.45) is 11.7 Å². The second kappa shape index (κ2) is 5.86. The highest BCUT2D eigenvalue weighted by Crippen LogP contribution is 2.21. The van der Waals surface area contributed by atoms with E-state index in [1.807, 2.05) is 13.8 Å². The van der Waals surface area contributed by atoms with Crippen LogP contribution in [-0.2, 0) is 16.1 Å². The third-order valence-electron chi connectivity index (χ3n) is 2.15. The maximum Gasteiger partial charge on any atom is 0.343 e. The molecule has 1 heterocycles. The first kappa shape index (κ1) is 14.5. The first-order chi connectivity index (χ1) is 8.32. The van der Waals surface area contributed by atoms with Crippen LogP contribution < -0.4 is 5.73 Å². The van der Waals surface area contributed by atoms with Gasteiger partial charge >= 0.3 is 5.97 Å². The summed E-state index contributed by atoms with van der Waals surface area (Å²) in [6.45, 7) is 5.81. The molecule has 1 rings (SSSR count). The Morgan fingerprint density at radius 2 is 2.11 bits per heavy atom. The first-order valence-electron chi connectivity index (χ1n) is 5.51. The number of amides is 1. The van der Waals surface area contributed by atoms with Gasteiger partial charge in [0.1, 0.15) is 10.7 Å². The maximum absolute atomic E-state index is 11.7. The monoisotopic (exact) mass is 273 g/mol. The van der Waals surface area contributed by atoms with Gasteiger partial charge in [-0.05, 0) is 12.8 Å².